The first-order valence-electron chi connectivity index (χ1n) is 8.39. The molecule has 0 heterocycles. The van der Waals surface area contributed by atoms with Gasteiger partial charge >= 0.3 is 0 Å². The van der Waals surface area contributed by atoms with E-state index < -0.39 is 0 Å². The minimum absolute atomic E-state index is 0.0205. The van der Waals surface area contributed by atoms with E-state index in [1.807, 2.05) is 38.1 Å². The molecule has 1 aliphatic rings. The second-order valence-corrected chi connectivity index (χ2v) is 5.76. The van der Waals surface area contributed by atoms with Crippen molar-refractivity contribution in [1.29, 1.82) is 5.26 Å². The molecule has 2 unspecified atom stereocenters. The molecule has 2 atom stereocenters. The molecule has 0 radical (unpaired) electrons. The zero-order valence-corrected chi connectivity index (χ0v) is 14.0. The summed E-state index contributed by atoms with van der Waals surface area (Å²) in [5.74, 6) is 0.461. The van der Waals surface area contributed by atoms with E-state index in [0.29, 0.717) is 18.9 Å². The van der Waals surface area contributed by atoms with Gasteiger partial charge in [0.1, 0.15) is 0 Å². The number of rotatable bonds is 6. The van der Waals surface area contributed by atoms with Crippen molar-refractivity contribution < 1.29 is 4.74 Å². The Labute approximate surface area is 139 Å². The van der Waals surface area contributed by atoms with Gasteiger partial charge in [-0.2, -0.15) is 5.26 Å². The van der Waals surface area contributed by atoms with Gasteiger partial charge in [-0.05, 0) is 23.5 Å². The molecule has 2 nitrogen and oxygen atoms in total. The molecule has 3 rings (SSSR count). The Morgan fingerprint density at radius 1 is 1.04 bits per heavy atom. The third-order valence-corrected chi connectivity index (χ3v) is 4.41. The number of hydrogen-bond donors (Lipinski definition) is 0. The van der Waals surface area contributed by atoms with Crippen molar-refractivity contribution in [2.45, 2.75) is 38.7 Å². The molecule has 120 valence electrons. The highest BCUT2D eigenvalue weighted by molar-refractivity contribution is 5.35. The Morgan fingerprint density at radius 2 is 1.65 bits per heavy atom. The summed E-state index contributed by atoms with van der Waals surface area (Å²) in [6.45, 7) is 5.38. The fraction of sp³-hybridized carbons (Fsp3) is 0.381. The van der Waals surface area contributed by atoms with E-state index in [1.54, 1.807) is 0 Å². The van der Waals surface area contributed by atoms with Gasteiger partial charge in [-0.15, -0.1) is 0 Å². The maximum absolute atomic E-state index is 9.13. The van der Waals surface area contributed by atoms with Crippen LogP contribution in [-0.2, 0) is 16.8 Å². The minimum atomic E-state index is 0.0205. The van der Waals surface area contributed by atoms with Gasteiger partial charge in [-0.1, -0.05) is 74.5 Å². The van der Waals surface area contributed by atoms with Crippen LogP contribution in [0.15, 0.2) is 60.7 Å². The maximum atomic E-state index is 9.13. The second kappa shape index (κ2) is 8.50. The largest absolute Gasteiger partial charge is 0.376 e. The van der Waals surface area contributed by atoms with Gasteiger partial charge < -0.3 is 4.74 Å². The number of hydrogen-bond acceptors (Lipinski definition) is 2. The lowest BCUT2D eigenvalue weighted by Crippen LogP contribution is -2.12. The van der Waals surface area contributed by atoms with Crippen LogP contribution in [0.2, 0.25) is 0 Å². The molecule has 2 aromatic rings. The van der Waals surface area contributed by atoms with Crippen molar-refractivity contribution in [1.82, 2.24) is 0 Å². The highest BCUT2D eigenvalue weighted by atomic mass is 16.5. The van der Waals surface area contributed by atoms with E-state index in [0.717, 1.165) is 13.0 Å². The minimum Gasteiger partial charge on any atom is -0.376 e. The van der Waals surface area contributed by atoms with Gasteiger partial charge in [0, 0.05) is 11.8 Å². The molecule has 1 saturated carbocycles. The third-order valence-electron chi connectivity index (χ3n) is 4.41. The molecule has 2 heteroatoms. The van der Waals surface area contributed by atoms with Crippen LogP contribution in [0, 0.1) is 17.2 Å². The van der Waals surface area contributed by atoms with E-state index in [-0.39, 0.29) is 5.41 Å². The van der Waals surface area contributed by atoms with Crippen molar-refractivity contribution in [3.63, 3.8) is 0 Å². The first-order chi connectivity index (χ1) is 11.3. The summed E-state index contributed by atoms with van der Waals surface area (Å²) < 4.78 is 5.86. The van der Waals surface area contributed by atoms with Crippen LogP contribution in [0.1, 0.15) is 37.8 Å². The maximum Gasteiger partial charge on any atom is 0.0717 e. The van der Waals surface area contributed by atoms with Crippen molar-refractivity contribution in [2.24, 2.45) is 5.92 Å². The predicted octanol–water partition coefficient (Wildman–Crippen LogP) is 5.10. The summed E-state index contributed by atoms with van der Waals surface area (Å²) in [4.78, 5) is 0. The fourth-order valence-electron chi connectivity index (χ4n) is 3.08. The SMILES string of the molecule is CC.N#CCC1(c2ccccc2)CC1COCc1ccccc1. The predicted molar refractivity (Wildman–Crippen MR) is 93.9 cm³/mol. The first kappa shape index (κ1) is 17.2. The molecular weight excluding hydrogens is 282 g/mol. The first-order valence-corrected chi connectivity index (χ1v) is 8.39. The van der Waals surface area contributed by atoms with Gasteiger partial charge in [-0.3, -0.25) is 0 Å². The molecule has 1 aliphatic carbocycles. The van der Waals surface area contributed by atoms with Gasteiger partial charge in [-0.25, -0.2) is 0 Å². The monoisotopic (exact) mass is 307 g/mol. The molecule has 0 aromatic heterocycles. The van der Waals surface area contributed by atoms with E-state index in [4.69, 9.17) is 10.00 Å². The molecule has 2 aromatic carbocycles. The highest BCUT2D eigenvalue weighted by Crippen LogP contribution is 2.56. The number of benzene rings is 2. The van der Waals surface area contributed by atoms with E-state index in [9.17, 15) is 0 Å². The fourth-order valence-corrected chi connectivity index (χ4v) is 3.08. The average molecular weight is 307 g/mol. The van der Waals surface area contributed by atoms with Crippen LogP contribution in [0.4, 0.5) is 0 Å². The Morgan fingerprint density at radius 3 is 2.26 bits per heavy atom. The van der Waals surface area contributed by atoms with Crippen LogP contribution in [0.25, 0.3) is 0 Å². The lowest BCUT2D eigenvalue weighted by molar-refractivity contribution is 0.106. The van der Waals surface area contributed by atoms with Crippen LogP contribution >= 0.6 is 0 Å². The van der Waals surface area contributed by atoms with Crippen LogP contribution in [0.3, 0.4) is 0 Å². The van der Waals surface area contributed by atoms with Crippen LogP contribution in [0.5, 0.6) is 0 Å². The molecule has 0 aliphatic heterocycles. The van der Waals surface area contributed by atoms with Gasteiger partial charge in [0.2, 0.25) is 0 Å². The molecule has 0 saturated heterocycles. The number of ether oxygens (including phenoxy) is 1. The standard InChI is InChI=1S/C19H19NO.C2H6/c20-12-11-19(17-9-5-2-6-10-17)13-18(19)15-21-14-16-7-3-1-4-8-16;1-2/h1-10,18H,11,13-15H2;1-2H3. The molecule has 1 fully saturated rings. The molecule has 0 amide bonds. The summed E-state index contributed by atoms with van der Waals surface area (Å²) in [5.41, 5.74) is 2.50. The van der Waals surface area contributed by atoms with E-state index >= 15 is 0 Å². The van der Waals surface area contributed by atoms with Crippen LogP contribution in [-0.4, -0.2) is 6.61 Å². The molecule has 0 spiro atoms. The number of nitrogens with zero attached hydrogens (tertiary/aromatic N) is 1. The summed E-state index contributed by atoms with van der Waals surface area (Å²) in [7, 11) is 0. The summed E-state index contributed by atoms with van der Waals surface area (Å²) in [6.07, 6.45) is 1.63. The zero-order chi connectivity index (χ0) is 16.5. The normalized spacial score (nSPS) is 21.7. The summed E-state index contributed by atoms with van der Waals surface area (Å²) in [6, 6.07) is 23.0. The van der Waals surface area contributed by atoms with Crippen LogP contribution < -0.4 is 0 Å². The molecule has 0 bridgehead atoms. The van der Waals surface area contributed by atoms with Gasteiger partial charge in [0.15, 0.2) is 0 Å². The Hall–Kier alpha value is -2.11. The zero-order valence-electron chi connectivity index (χ0n) is 14.0. The number of nitriles is 1. The van der Waals surface area contributed by atoms with E-state index in [2.05, 4.69) is 42.5 Å². The second-order valence-electron chi connectivity index (χ2n) is 5.76. The molecule has 23 heavy (non-hydrogen) atoms. The third kappa shape index (κ3) is 4.21. The Bertz CT molecular complexity index is 617. The smallest absolute Gasteiger partial charge is 0.0717 e. The van der Waals surface area contributed by atoms with Gasteiger partial charge in [0.05, 0.1) is 19.3 Å². The van der Waals surface area contributed by atoms with E-state index in [1.165, 1.54) is 11.1 Å². The topological polar surface area (TPSA) is 33.0 Å². The summed E-state index contributed by atoms with van der Waals surface area (Å²) >= 11 is 0. The lowest BCUT2D eigenvalue weighted by atomic mass is 9.90. The Kier molecular flexibility index (Phi) is 6.38. The van der Waals surface area contributed by atoms with Crippen molar-refractivity contribution in [3.8, 4) is 6.07 Å². The van der Waals surface area contributed by atoms with Crippen molar-refractivity contribution in [2.75, 3.05) is 6.61 Å². The Balaban J connectivity index is 0.000000924. The van der Waals surface area contributed by atoms with Crippen molar-refractivity contribution in [3.05, 3.63) is 71.8 Å². The average Bonchev–Trinajstić information content (AvgIpc) is 3.33. The summed E-state index contributed by atoms with van der Waals surface area (Å²) in [5, 5.41) is 9.13. The highest BCUT2D eigenvalue weighted by Gasteiger charge is 2.54. The lowest BCUT2D eigenvalue weighted by Gasteiger charge is -2.14. The molecular formula is C21H25NO. The molecule has 0 N–H and O–H groups in total. The quantitative estimate of drug-likeness (QED) is 0.743. The van der Waals surface area contributed by atoms with Crippen molar-refractivity contribution >= 4 is 0 Å². The van der Waals surface area contributed by atoms with Gasteiger partial charge in [0.25, 0.3) is 0 Å².